The number of nitrogens with zero attached hydrogens (tertiary/aromatic N) is 2. The largest absolute Gasteiger partial charge is 0.478 e. The standard InChI is InChI=1S/C13H8N2O2S/c16-13(17)9-4-2-1-3-8(9)12-15-10-7-14-6-5-11(10)18-12/h1-7H,(H,16,17). The number of carbonyl (C=O) groups is 1. The summed E-state index contributed by atoms with van der Waals surface area (Å²) < 4.78 is 1.00. The van der Waals surface area contributed by atoms with Gasteiger partial charge < -0.3 is 5.11 Å². The van der Waals surface area contributed by atoms with E-state index in [9.17, 15) is 4.79 Å². The van der Waals surface area contributed by atoms with Crippen molar-refractivity contribution in [3.05, 3.63) is 48.3 Å². The lowest BCUT2D eigenvalue weighted by Crippen LogP contribution is -1.98. The normalized spacial score (nSPS) is 10.7. The van der Waals surface area contributed by atoms with Crippen molar-refractivity contribution in [3.8, 4) is 10.6 Å². The first-order valence-electron chi connectivity index (χ1n) is 5.29. The van der Waals surface area contributed by atoms with Gasteiger partial charge in [0.25, 0.3) is 0 Å². The number of carboxylic acid groups (broad SMARTS) is 1. The van der Waals surface area contributed by atoms with Crippen LogP contribution in [0.4, 0.5) is 0 Å². The Labute approximate surface area is 107 Å². The summed E-state index contributed by atoms with van der Waals surface area (Å²) in [5, 5.41) is 9.87. The van der Waals surface area contributed by atoms with Crippen molar-refractivity contribution in [2.75, 3.05) is 0 Å². The van der Waals surface area contributed by atoms with Crippen LogP contribution in [0.5, 0.6) is 0 Å². The van der Waals surface area contributed by atoms with Crippen LogP contribution in [-0.4, -0.2) is 21.0 Å². The first-order chi connectivity index (χ1) is 8.75. The van der Waals surface area contributed by atoms with E-state index in [1.54, 1.807) is 30.6 Å². The summed E-state index contributed by atoms with van der Waals surface area (Å²) >= 11 is 1.47. The third-order valence-corrected chi connectivity index (χ3v) is 3.65. The van der Waals surface area contributed by atoms with Crippen molar-refractivity contribution in [1.29, 1.82) is 0 Å². The third kappa shape index (κ3) is 1.74. The first-order valence-corrected chi connectivity index (χ1v) is 6.10. The molecule has 0 amide bonds. The highest BCUT2D eigenvalue weighted by Gasteiger charge is 2.14. The fourth-order valence-electron chi connectivity index (χ4n) is 1.75. The number of aromatic nitrogens is 2. The fraction of sp³-hybridized carbons (Fsp3) is 0. The topological polar surface area (TPSA) is 63.1 Å². The first kappa shape index (κ1) is 10.9. The van der Waals surface area contributed by atoms with Gasteiger partial charge in [0.05, 0.1) is 16.5 Å². The van der Waals surface area contributed by atoms with Gasteiger partial charge in [-0.1, -0.05) is 18.2 Å². The van der Waals surface area contributed by atoms with Crippen molar-refractivity contribution in [3.63, 3.8) is 0 Å². The van der Waals surface area contributed by atoms with Gasteiger partial charge in [-0.2, -0.15) is 0 Å². The quantitative estimate of drug-likeness (QED) is 0.765. The highest BCUT2D eigenvalue weighted by atomic mass is 32.1. The van der Waals surface area contributed by atoms with E-state index < -0.39 is 5.97 Å². The monoisotopic (exact) mass is 256 g/mol. The molecule has 0 aliphatic heterocycles. The molecule has 0 unspecified atom stereocenters. The molecule has 88 valence electrons. The molecule has 3 rings (SSSR count). The van der Waals surface area contributed by atoms with Gasteiger partial charge in [0, 0.05) is 11.8 Å². The van der Waals surface area contributed by atoms with E-state index in [0.717, 1.165) is 10.2 Å². The van der Waals surface area contributed by atoms with E-state index in [0.29, 0.717) is 10.6 Å². The van der Waals surface area contributed by atoms with Crippen LogP contribution in [0.3, 0.4) is 0 Å². The van der Waals surface area contributed by atoms with Crippen LogP contribution in [0.15, 0.2) is 42.7 Å². The molecule has 0 aliphatic carbocycles. The second-order valence-electron chi connectivity index (χ2n) is 3.71. The van der Waals surface area contributed by atoms with Gasteiger partial charge in [0.15, 0.2) is 0 Å². The molecule has 0 atom stereocenters. The lowest BCUT2D eigenvalue weighted by molar-refractivity contribution is 0.0697. The van der Waals surface area contributed by atoms with Gasteiger partial charge in [0.2, 0.25) is 0 Å². The molecule has 0 saturated heterocycles. The zero-order valence-electron chi connectivity index (χ0n) is 9.20. The number of carboxylic acids is 1. The van der Waals surface area contributed by atoms with Crippen LogP contribution in [0.25, 0.3) is 20.8 Å². The Kier molecular flexibility index (Phi) is 2.53. The minimum atomic E-state index is -0.942. The number of hydrogen-bond acceptors (Lipinski definition) is 4. The minimum absolute atomic E-state index is 0.268. The van der Waals surface area contributed by atoms with Crippen molar-refractivity contribution in [2.24, 2.45) is 0 Å². The molecule has 0 fully saturated rings. The lowest BCUT2D eigenvalue weighted by atomic mass is 10.1. The van der Waals surface area contributed by atoms with Crippen molar-refractivity contribution in [2.45, 2.75) is 0 Å². The van der Waals surface area contributed by atoms with Crippen molar-refractivity contribution in [1.82, 2.24) is 9.97 Å². The summed E-state index contributed by atoms with van der Waals surface area (Å²) in [4.78, 5) is 19.6. The lowest BCUT2D eigenvalue weighted by Gasteiger charge is -2.00. The summed E-state index contributed by atoms with van der Waals surface area (Å²) in [6.07, 6.45) is 3.38. The zero-order chi connectivity index (χ0) is 12.5. The summed E-state index contributed by atoms with van der Waals surface area (Å²) in [6.45, 7) is 0. The molecule has 0 spiro atoms. The highest BCUT2D eigenvalue weighted by molar-refractivity contribution is 7.21. The van der Waals surface area contributed by atoms with Gasteiger partial charge in [-0.05, 0) is 12.1 Å². The molecule has 0 saturated carbocycles. The Morgan fingerprint density at radius 1 is 1.22 bits per heavy atom. The Hall–Kier alpha value is -2.27. The molecule has 4 nitrogen and oxygen atoms in total. The van der Waals surface area contributed by atoms with Crippen molar-refractivity contribution < 1.29 is 9.90 Å². The van der Waals surface area contributed by atoms with E-state index in [4.69, 9.17) is 5.11 Å². The van der Waals surface area contributed by atoms with Gasteiger partial charge in [-0.15, -0.1) is 11.3 Å². The number of rotatable bonds is 2. The number of benzene rings is 1. The average Bonchev–Trinajstić information content (AvgIpc) is 2.82. The van der Waals surface area contributed by atoms with E-state index in [2.05, 4.69) is 9.97 Å². The maximum absolute atomic E-state index is 11.2. The predicted octanol–water partition coefficient (Wildman–Crippen LogP) is 3.06. The van der Waals surface area contributed by atoms with Crippen LogP contribution >= 0.6 is 11.3 Å². The van der Waals surface area contributed by atoms with Crippen molar-refractivity contribution >= 4 is 27.5 Å². The zero-order valence-corrected chi connectivity index (χ0v) is 10.0. The molecule has 0 aliphatic rings. The maximum Gasteiger partial charge on any atom is 0.336 e. The smallest absolute Gasteiger partial charge is 0.336 e. The molecule has 0 radical (unpaired) electrons. The van der Waals surface area contributed by atoms with E-state index in [1.807, 2.05) is 12.1 Å². The fourth-order valence-corrected chi connectivity index (χ4v) is 2.72. The number of fused-ring (bicyclic) bond motifs is 1. The summed E-state index contributed by atoms with van der Waals surface area (Å²) in [6, 6.07) is 8.75. The number of hydrogen-bond donors (Lipinski definition) is 1. The molecular formula is C13H8N2O2S. The molecule has 2 heterocycles. The SMILES string of the molecule is O=C(O)c1ccccc1-c1nc2cnccc2s1. The van der Waals surface area contributed by atoms with Gasteiger partial charge >= 0.3 is 5.97 Å². The Morgan fingerprint density at radius 3 is 2.83 bits per heavy atom. The molecule has 1 aromatic carbocycles. The molecule has 3 aromatic rings. The highest BCUT2D eigenvalue weighted by Crippen LogP contribution is 2.31. The van der Waals surface area contributed by atoms with Gasteiger partial charge in [0.1, 0.15) is 10.5 Å². The molecule has 0 bridgehead atoms. The second kappa shape index (κ2) is 4.19. The number of pyridine rings is 1. The van der Waals surface area contributed by atoms with Crippen LogP contribution in [0.1, 0.15) is 10.4 Å². The summed E-state index contributed by atoms with van der Waals surface area (Å²) in [5.74, 6) is -0.942. The minimum Gasteiger partial charge on any atom is -0.478 e. The molecule has 1 N–H and O–H groups in total. The Balaban J connectivity index is 2.23. The second-order valence-corrected chi connectivity index (χ2v) is 4.74. The molecule has 5 heteroatoms. The van der Waals surface area contributed by atoms with Gasteiger partial charge in [-0.25, -0.2) is 9.78 Å². The average molecular weight is 256 g/mol. The third-order valence-electron chi connectivity index (χ3n) is 2.58. The van der Waals surface area contributed by atoms with E-state index in [1.165, 1.54) is 11.3 Å². The molecular weight excluding hydrogens is 248 g/mol. The predicted molar refractivity (Wildman–Crippen MR) is 69.8 cm³/mol. The Bertz CT molecular complexity index is 703. The van der Waals surface area contributed by atoms with Crippen LogP contribution in [0.2, 0.25) is 0 Å². The Morgan fingerprint density at radius 2 is 2.06 bits per heavy atom. The maximum atomic E-state index is 11.2. The number of aromatic carboxylic acids is 1. The van der Waals surface area contributed by atoms with E-state index in [-0.39, 0.29) is 5.56 Å². The van der Waals surface area contributed by atoms with E-state index >= 15 is 0 Å². The molecule has 18 heavy (non-hydrogen) atoms. The summed E-state index contributed by atoms with van der Waals surface area (Å²) in [7, 11) is 0. The van der Waals surface area contributed by atoms with Crippen LogP contribution in [0, 0.1) is 0 Å². The van der Waals surface area contributed by atoms with Gasteiger partial charge in [-0.3, -0.25) is 4.98 Å². The summed E-state index contributed by atoms with van der Waals surface area (Å²) in [5.41, 5.74) is 1.70. The van der Waals surface area contributed by atoms with Crippen LogP contribution in [-0.2, 0) is 0 Å². The van der Waals surface area contributed by atoms with Crippen LogP contribution < -0.4 is 0 Å². The molecule has 2 aromatic heterocycles. The number of thiazole rings is 1.